The number of nitrogens with zero attached hydrogens (tertiary/aromatic N) is 1. The number of hydrogen-bond donors (Lipinski definition) is 1. The molecule has 0 saturated heterocycles. The highest BCUT2D eigenvalue weighted by Crippen LogP contribution is 2.20. The normalized spacial score (nSPS) is 11.3. The number of aromatic nitrogens is 1. The average Bonchev–Trinajstić information content (AvgIpc) is 2.70. The second-order valence-electron chi connectivity index (χ2n) is 3.96. The van der Waals surface area contributed by atoms with Crippen LogP contribution in [-0.2, 0) is 9.84 Å². The Kier molecular flexibility index (Phi) is 2.93. The molecule has 18 heavy (non-hydrogen) atoms. The van der Waals surface area contributed by atoms with Crippen LogP contribution in [0.5, 0.6) is 0 Å². The Labute approximate surface area is 104 Å². The van der Waals surface area contributed by atoms with Crippen LogP contribution in [0.1, 0.15) is 16.9 Å². The predicted octanol–water partition coefficient (Wildman–Crippen LogP) is 1.67. The molecule has 2 rings (SSSR count). The second-order valence-corrected chi connectivity index (χ2v) is 5.98. The Morgan fingerprint density at radius 3 is 2.72 bits per heavy atom. The van der Waals surface area contributed by atoms with Gasteiger partial charge in [0.25, 0.3) is 0 Å². The number of ketones is 1. The number of sulfone groups is 1. The minimum absolute atomic E-state index is 0.202. The number of nitriles is 1. The molecule has 0 aliphatic rings. The van der Waals surface area contributed by atoms with E-state index < -0.39 is 9.84 Å². The van der Waals surface area contributed by atoms with Crippen molar-refractivity contribution in [1.82, 2.24) is 4.98 Å². The van der Waals surface area contributed by atoms with E-state index in [1.54, 1.807) is 18.2 Å². The molecule has 1 aromatic heterocycles. The van der Waals surface area contributed by atoms with Crippen LogP contribution < -0.4 is 0 Å². The Balaban J connectivity index is 2.53. The van der Waals surface area contributed by atoms with Gasteiger partial charge in [-0.15, -0.1) is 0 Å². The predicted molar refractivity (Wildman–Crippen MR) is 66.0 cm³/mol. The zero-order valence-corrected chi connectivity index (χ0v) is 10.4. The zero-order valence-electron chi connectivity index (χ0n) is 9.60. The summed E-state index contributed by atoms with van der Waals surface area (Å²) < 4.78 is 22.8. The number of aromatic amines is 1. The van der Waals surface area contributed by atoms with E-state index in [0.29, 0.717) is 16.6 Å². The van der Waals surface area contributed by atoms with Crippen molar-refractivity contribution in [2.45, 2.75) is 11.3 Å². The molecule has 5 nitrogen and oxygen atoms in total. The zero-order chi connectivity index (χ0) is 13.3. The summed E-state index contributed by atoms with van der Waals surface area (Å²) in [6, 6.07) is 7.93. The van der Waals surface area contributed by atoms with Gasteiger partial charge in [0.15, 0.2) is 15.6 Å². The molecule has 0 saturated carbocycles. The van der Waals surface area contributed by atoms with Crippen molar-refractivity contribution >= 4 is 26.5 Å². The molecule has 1 heterocycles. The van der Waals surface area contributed by atoms with Gasteiger partial charge in [0.1, 0.15) is 6.42 Å². The van der Waals surface area contributed by atoms with Crippen LogP contribution >= 0.6 is 0 Å². The Hall–Kier alpha value is -2.13. The number of fused-ring (bicyclic) bond motifs is 1. The molecule has 0 amide bonds. The molecule has 0 spiro atoms. The first kappa shape index (κ1) is 12.3. The smallest absolute Gasteiger partial charge is 0.193 e. The molecule has 0 radical (unpaired) electrons. The fourth-order valence-electron chi connectivity index (χ4n) is 1.66. The maximum absolute atomic E-state index is 11.5. The number of rotatable bonds is 3. The highest BCUT2D eigenvalue weighted by Gasteiger charge is 2.12. The van der Waals surface area contributed by atoms with Gasteiger partial charge in [-0.3, -0.25) is 4.79 Å². The van der Waals surface area contributed by atoms with Crippen molar-refractivity contribution in [2.24, 2.45) is 0 Å². The van der Waals surface area contributed by atoms with Gasteiger partial charge in [0.05, 0.1) is 16.7 Å². The molecule has 6 heteroatoms. The standard InChI is InChI=1S/C12H10N2O3S/c1-18(16,17)9-2-3-10-8(6-9)7-11(14-10)12(15)4-5-13/h2-3,6-7,14H,4H2,1H3. The number of carbonyl (C=O) groups excluding carboxylic acids is 1. The number of benzene rings is 1. The first-order valence-corrected chi connectivity index (χ1v) is 7.04. The van der Waals surface area contributed by atoms with Crippen molar-refractivity contribution in [2.75, 3.05) is 6.26 Å². The molecule has 0 bridgehead atoms. The Morgan fingerprint density at radius 2 is 2.11 bits per heavy atom. The van der Waals surface area contributed by atoms with Gasteiger partial charge >= 0.3 is 0 Å². The van der Waals surface area contributed by atoms with Crippen LogP contribution in [0.2, 0.25) is 0 Å². The highest BCUT2D eigenvalue weighted by molar-refractivity contribution is 7.90. The summed E-state index contributed by atoms with van der Waals surface area (Å²) in [6.45, 7) is 0. The van der Waals surface area contributed by atoms with E-state index in [1.807, 2.05) is 0 Å². The average molecular weight is 262 g/mol. The van der Waals surface area contributed by atoms with Gasteiger partial charge in [0.2, 0.25) is 0 Å². The van der Waals surface area contributed by atoms with Gasteiger partial charge in [-0.2, -0.15) is 5.26 Å². The summed E-state index contributed by atoms with van der Waals surface area (Å²) >= 11 is 0. The summed E-state index contributed by atoms with van der Waals surface area (Å²) in [5, 5.41) is 9.10. The largest absolute Gasteiger partial charge is 0.352 e. The Morgan fingerprint density at radius 1 is 1.39 bits per heavy atom. The van der Waals surface area contributed by atoms with E-state index in [-0.39, 0.29) is 17.1 Å². The molecule has 0 fully saturated rings. The molecular formula is C12H10N2O3S. The van der Waals surface area contributed by atoms with E-state index in [1.165, 1.54) is 12.1 Å². The van der Waals surface area contributed by atoms with E-state index in [4.69, 9.17) is 5.26 Å². The number of nitrogens with one attached hydrogen (secondary N) is 1. The third kappa shape index (κ3) is 2.26. The topological polar surface area (TPSA) is 90.8 Å². The van der Waals surface area contributed by atoms with Crippen molar-refractivity contribution in [3.8, 4) is 6.07 Å². The summed E-state index contributed by atoms with van der Waals surface area (Å²) in [6.07, 6.45) is 0.925. The van der Waals surface area contributed by atoms with Crippen LogP contribution in [0.4, 0.5) is 0 Å². The first-order chi connectivity index (χ1) is 8.41. The van der Waals surface area contributed by atoms with E-state index >= 15 is 0 Å². The summed E-state index contributed by atoms with van der Waals surface area (Å²) in [5.74, 6) is -0.311. The van der Waals surface area contributed by atoms with E-state index in [9.17, 15) is 13.2 Å². The lowest BCUT2D eigenvalue weighted by molar-refractivity contribution is 0.0994. The van der Waals surface area contributed by atoms with Crippen molar-refractivity contribution < 1.29 is 13.2 Å². The van der Waals surface area contributed by atoms with Gasteiger partial charge in [-0.05, 0) is 24.3 Å². The fourth-order valence-corrected chi connectivity index (χ4v) is 2.31. The maximum atomic E-state index is 11.5. The molecule has 1 aromatic carbocycles. The van der Waals surface area contributed by atoms with Gasteiger partial charge in [0, 0.05) is 17.2 Å². The van der Waals surface area contributed by atoms with Gasteiger partial charge < -0.3 is 4.98 Å². The molecule has 92 valence electrons. The number of hydrogen-bond acceptors (Lipinski definition) is 4. The second kappa shape index (κ2) is 4.27. The lowest BCUT2D eigenvalue weighted by Crippen LogP contribution is -1.96. The lowest BCUT2D eigenvalue weighted by atomic mass is 10.2. The minimum atomic E-state index is -3.27. The third-order valence-corrected chi connectivity index (χ3v) is 3.67. The third-order valence-electron chi connectivity index (χ3n) is 2.56. The summed E-state index contributed by atoms with van der Waals surface area (Å²) in [5.41, 5.74) is 0.987. The van der Waals surface area contributed by atoms with Crippen LogP contribution in [0.25, 0.3) is 10.9 Å². The molecule has 0 unspecified atom stereocenters. The minimum Gasteiger partial charge on any atom is -0.352 e. The van der Waals surface area contributed by atoms with Crippen molar-refractivity contribution in [1.29, 1.82) is 5.26 Å². The van der Waals surface area contributed by atoms with Gasteiger partial charge in [-0.1, -0.05) is 0 Å². The molecule has 0 atom stereocenters. The summed E-state index contributed by atoms with van der Waals surface area (Å²) in [7, 11) is -3.27. The van der Waals surface area contributed by atoms with Crippen LogP contribution in [0.3, 0.4) is 0 Å². The molecular weight excluding hydrogens is 252 g/mol. The SMILES string of the molecule is CS(=O)(=O)c1ccc2[nH]c(C(=O)CC#N)cc2c1. The van der Waals surface area contributed by atoms with E-state index in [2.05, 4.69) is 4.98 Å². The van der Waals surface area contributed by atoms with Gasteiger partial charge in [-0.25, -0.2) is 8.42 Å². The number of carbonyl (C=O) groups is 1. The first-order valence-electron chi connectivity index (χ1n) is 5.15. The van der Waals surface area contributed by atoms with E-state index in [0.717, 1.165) is 6.26 Å². The summed E-state index contributed by atoms with van der Waals surface area (Å²) in [4.78, 5) is 14.6. The number of Topliss-reactive ketones (excluding diaryl/α,β-unsaturated/α-hetero) is 1. The van der Waals surface area contributed by atoms with Crippen LogP contribution in [-0.4, -0.2) is 25.4 Å². The molecule has 2 aromatic rings. The number of H-pyrrole nitrogens is 1. The van der Waals surface area contributed by atoms with Crippen molar-refractivity contribution in [3.63, 3.8) is 0 Å². The van der Waals surface area contributed by atoms with Crippen LogP contribution in [0.15, 0.2) is 29.2 Å². The lowest BCUT2D eigenvalue weighted by Gasteiger charge is -1.97. The Bertz CT molecular complexity index is 766. The quantitative estimate of drug-likeness (QED) is 0.852. The fraction of sp³-hybridized carbons (Fsp3) is 0.167. The molecule has 0 aliphatic heterocycles. The monoisotopic (exact) mass is 262 g/mol. The maximum Gasteiger partial charge on any atom is 0.193 e. The van der Waals surface area contributed by atoms with Crippen molar-refractivity contribution in [3.05, 3.63) is 30.0 Å². The molecule has 1 N–H and O–H groups in total. The molecule has 0 aliphatic carbocycles. The highest BCUT2D eigenvalue weighted by atomic mass is 32.2. The van der Waals surface area contributed by atoms with Crippen LogP contribution in [0, 0.1) is 11.3 Å².